The predicted octanol–water partition coefficient (Wildman–Crippen LogP) is 10.1. The molecule has 0 aliphatic heterocycles. The average molecular weight is 437 g/mol. The topological polar surface area (TPSA) is 0 Å². The van der Waals surface area contributed by atoms with E-state index in [1.54, 1.807) is 0 Å². The van der Waals surface area contributed by atoms with Crippen LogP contribution in [-0.2, 0) is 16.2 Å². The Kier molecular flexibility index (Phi) is 8.67. The van der Waals surface area contributed by atoms with E-state index in [1.807, 2.05) is 0 Å². The van der Waals surface area contributed by atoms with Crippen molar-refractivity contribution in [1.82, 2.24) is 0 Å². The predicted molar refractivity (Wildman–Crippen MR) is 146 cm³/mol. The van der Waals surface area contributed by atoms with Crippen molar-refractivity contribution in [3.63, 3.8) is 0 Å². The zero-order valence-corrected chi connectivity index (χ0v) is 23.8. The lowest BCUT2D eigenvalue weighted by Gasteiger charge is -2.28. The van der Waals surface area contributed by atoms with Crippen LogP contribution in [0, 0.1) is 10.8 Å². The molecule has 0 unspecified atom stereocenters. The minimum absolute atomic E-state index is 0.0207. The third kappa shape index (κ3) is 9.13. The Morgan fingerprint density at radius 1 is 0.375 bits per heavy atom. The molecule has 180 valence electrons. The summed E-state index contributed by atoms with van der Waals surface area (Å²) in [4.78, 5) is 0. The Hall–Kier alpha value is -1.56. The van der Waals surface area contributed by atoms with Gasteiger partial charge in [-0.25, -0.2) is 0 Å². The molecule has 2 aromatic carbocycles. The first-order valence-electron chi connectivity index (χ1n) is 12.3. The van der Waals surface area contributed by atoms with Gasteiger partial charge in [0.2, 0.25) is 0 Å². The molecule has 0 saturated heterocycles. The molecule has 0 nitrogen and oxygen atoms in total. The van der Waals surface area contributed by atoms with Gasteiger partial charge in [-0.2, -0.15) is 0 Å². The fourth-order valence-electron chi connectivity index (χ4n) is 4.53. The highest BCUT2D eigenvalue weighted by molar-refractivity contribution is 5.41. The lowest BCUT2D eigenvalue weighted by Crippen LogP contribution is -2.20. The van der Waals surface area contributed by atoms with E-state index in [1.165, 1.54) is 28.7 Å². The second-order valence-electron chi connectivity index (χ2n) is 14.6. The maximum absolute atomic E-state index is 2.31. The van der Waals surface area contributed by atoms with Gasteiger partial charge < -0.3 is 0 Å². The molecule has 0 aromatic heterocycles. The summed E-state index contributed by atoms with van der Waals surface area (Å²) < 4.78 is 0. The first-order chi connectivity index (χ1) is 14.1. The maximum Gasteiger partial charge on any atom is 0.0146 e. The van der Waals surface area contributed by atoms with Crippen LogP contribution in [0.15, 0.2) is 48.5 Å². The Balaban J connectivity index is 0.000000482. The Bertz CT molecular complexity index is 746. The molecular formula is C32H52. The summed E-state index contributed by atoms with van der Waals surface area (Å²) in [5.74, 6) is 0. The van der Waals surface area contributed by atoms with Crippen molar-refractivity contribution < 1.29 is 0 Å². The van der Waals surface area contributed by atoms with Gasteiger partial charge in [0.1, 0.15) is 0 Å². The van der Waals surface area contributed by atoms with Crippen molar-refractivity contribution in [2.75, 3.05) is 0 Å². The summed E-state index contributed by atoms with van der Waals surface area (Å²) in [7, 11) is 0. The molecule has 0 atom stereocenters. The normalized spacial score (nSPS) is 13.4. The van der Waals surface area contributed by atoms with E-state index in [0.717, 1.165) is 0 Å². The molecule has 0 saturated carbocycles. The first kappa shape index (κ1) is 28.5. The second-order valence-corrected chi connectivity index (χ2v) is 14.6. The molecule has 32 heavy (non-hydrogen) atoms. The minimum Gasteiger partial charge on any atom is -0.0602 e. The van der Waals surface area contributed by atoms with Crippen LogP contribution in [0.1, 0.15) is 126 Å². The maximum atomic E-state index is 2.31. The number of hydrogen-bond acceptors (Lipinski definition) is 0. The molecule has 0 amide bonds. The summed E-state index contributed by atoms with van der Waals surface area (Å²) >= 11 is 0. The van der Waals surface area contributed by atoms with Crippen molar-refractivity contribution in [2.45, 2.75) is 120 Å². The molecule has 0 bridgehead atoms. The summed E-state index contributed by atoms with van der Waals surface area (Å²) in [6.07, 6.45) is 1.29. The first-order valence-corrected chi connectivity index (χ1v) is 12.3. The van der Waals surface area contributed by atoms with Crippen molar-refractivity contribution >= 4 is 0 Å². The van der Waals surface area contributed by atoms with Gasteiger partial charge in [-0.15, -0.1) is 0 Å². The van der Waals surface area contributed by atoms with Crippen molar-refractivity contribution in [2.24, 2.45) is 10.8 Å². The van der Waals surface area contributed by atoms with E-state index in [-0.39, 0.29) is 16.2 Å². The van der Waals surface area contributed by atoms with E-state index in [2.05, 4.69) is 145 Å². The Labute approximate surface area is 201 Å². The largest absolute Gasteiger partial charge is 0.0602 e. The molecule has 0 aliphatic rings. The van der Waals surface area contributed by atoms with Gasteiger partial charge in [0.05, 0.1) is 0 Å². The van der Waals surface area contributed by atoms with Gasteiger partial charge in [0.15, 0.2) is 0 Å². The summed E-state index contributed by atoms with van der Waals surface area (Å²) in [6.45, 7) is 31.9. The van der Waals surface area contributed by atoms with Gasteiger partial charge in [-0.3, -0.25) is 0 Å². The fourth-order valence-corrected chi connectivity index (χ4v) is 4.53. The number of rotatable bonds is 2. The van der Waals surface area contributed by atoms with Gasteiger partial charge in [0, 0.05) is 5.41 Å². The van der Waals surface area contributed by atoms with Gasteiger partial charge in [-0.05, 0) is 50.3 Å². The van der Waals surface area contributed by atoms with Crippen LogP contribution in [0.5, 0.6) is 0 Å². The lowest BCUT2D eigenvalue weighted by molar-refractivity contribution is 0.233. The molecule has 2 aromatic rings. The molecule has 0 spiro atoms. The molecule has 0 N–H and O–H groups in total. The van der Waals surface area contributed by atoms with Gasteiger partial charge >= 0.3 is 0 Å². The average Bonchev–Trinajstić information content (AvgIpc) is 2.58. The SMILES string of the molecule is CC(C)(C)CC(C)(C)C.CC(C)(C)c1ccc(C(C)(C)c2ccc(C(C)(C)C)cc2)cc1. The highest BCUT2D eigenvalue weighted by Crippen LogP contribution is 2.34. The molecule has 2 rings (SSSR count). The third-order valence-corrected chi connectivity index (χ3v) is 6.01. The van der Waals surface area contributed by atoms with E-state index in [9.17, 15) is 0 Å². The van der Waals surface area contributed by atoms with Crippen LogP contribution in [0.2, 0.25) is 0 Å². The number of benzene rings is 2. The molecule has 0 heterocycles. The van der Waals surface area contributed by atoms with E-state index >= 15 is 0 Å². The van der Waals surface area contributed by atoms with Crippen LogP contribution < -0.4 is 0 Å². The summed E-state index contributed by atoms with van der Waals surface area (Å²) in [5.41, 5.74) is 6.92. The lowest BCUT2D eigenvalue weighted by atomic mass is 9.75. The summed E-state index contributed by atoms with van der Waals surface area (Å²) in [5, 5.41) is 0. The van der Waals surface area contributed by atoms with Crippen molar-refractivity contribution in [3.05, 3.63) is 70.8 Å². The van der Waals surface area contributed by atoms with Crippen LogP contribution in [0.4, 0.5) is 0 Å². The zero-order valence-electron chi connectivity index (χ0n) is 23.8. The molecule has 0 aliphatic carbocycles. The third-order valence-electron chi connectivity index (χ3n) is 6.01. The van der Waals surface area contributed by atoms with Crippen LogP contribution in [0.25, 0.3) is 0 Å². The van der Waals surface area contributed by atoms with E-state index in [4.69, 9.17) is 0 Å². The van der Waals surface area contributed by atoms with Crippen LogP contribution in [0.3, 0.4) is 0 Å². The van der Waals surface area contributed by atoms with Crippen molar-refractivity contribution in [3.8, 4) is 0 Å². The summed E-state index contributed by atoms with van der Waals surface area (Å²) in [6, 6.07) is 18.3. The second kappa shape index (κ2) is 9.74. The molecule has 0 radical (unpaired) electrons. The van der Waals surface area contributed by atoms with E-state index < -0.39 is 0 Å². The molecule has 0 fully saturated rings. The minimum atomic E-state index is 0.0207. The van der Waals surface area contributed by atoms with Gasteiger partial charge in [0.25, 0.3) is 0 Å². The zero-order chi connectivity index (χ0) is 25.2. The van der Waals surface area contributed by atoms with Crippen LogP contribution in [-0.4, -0.2) is 0 Å². The van der Waals surface area contributed by atoms with Crippen molar-refractivity contribution in [1.29, 1.82) is 0 Å². The Morgan fingerprint density at radius 3 is 0.750 bits per heavy atom. The monoisotopic (exact) mass is 436 g/mol. The Morgan fingerprint density at radius 2 is 0.594 bits per heavy atom. The van der Waals surface area contributed by atoms with Gasteiger partial charge in [-0.1, -0.05) is 145 Å². The quantitative estimate of drug-likeness (QED) is 0.439. The highest BCUT2D eigenvalue weighted by atomic mass is 14.3. The highest BCUT2D eigenvalue weighted by Gasteiger charge is 2.25. The smallest absolute Gasteiger partial charge is 0.0146 e. The van der Waals surface area contributed by atoms with E-state index in [0.29, 0.717) is 10.8 Å². The number of hydrogen-bond donors (Lipinski definition) is 0. The molecular weight excluding hydrogens is 384 g/mol. The standard InChI is InChI=1S/C23H32.C9H20/c1-21(2,3)17-9-13-19(14-10-17)23(7,8)20-15-11-18(12-16-20)22(4,5)6;1-8(2,3)7-9(4,5)6/h9-16H,1-8H3;7H2,1-6H3. The molecule has 0 heteroatoms. The fraction of sp³-hybridized carbons (Fsp3) is 0.625. The van der Waals surface area contributed by atoms with Crippen LogP contribution >= 0.6 is 0 Å².